The molecule has 0 bridgehead atoms. The van der Waals surface area contributed by atoms with Gasteiger partial charge in [0.05, 0.1) is 0 Å². The van der Waals surface area contributed by atoms with E-state index < -0.39 is 0 Å². The van der Waals surface area contributed by atoms with Crippen LogP contribution in [-0.4, -0.2) is 9.97 Å². The summed E-state index contributed by atoms with van der Waals surface area (Å²) < 4.78 is 1.08. The van der Waals surface area contributed by atoms with E-state index >= 15 is 0 Å². The first kappa shape index (κ1) is 16.5. The van der Waals surface area contributed by atoms with E-state index in [0.29, 0.717) is 0 Å². The zero-order valence-electron chi connectivity index (χ0n) is 14.0. The van der Waals surface area contributed by atoms with Gasteiger partial charge in [-0.3, -0.25) is 4.90 Å². The zero-order chi connectivity index (χ0) is 17.8. The van der Waals surface area contributed by atoms with Gasteiger partial charge in [0, 0.05) is 22.6 Å². The number of aromatic nitrogens is 2. The molecule has 4 rings (SSSR count). The highest BCUT2D eigenvalue weighted by Gasteiger charge is 2.14. The third kappa shape index (κ3) is 3.51. The Balaban J connectivity index is 1.73. The van der Waals surface area contributed by atoms with Crippen LogP contribution in [-0.2, 0) is 0 Å². The summed E-state index contributed by atoms with van der Waals surface area (Å²) in [6.45, 7) is 0. The van der Waals surface area contributed by atoms with E-state index in [1.807, 2.05) is 41.3 Å². The maximum absolute atomic E-state index is 4.50. The molecule has 3 nitrogen and oxygen atoms in total. The average molecular weight is 402 g/mol. The molecule has 0 unspecified atom stereocenters. The summed E-state index contributed by atoms with van der Waals surface area (Å²) >= 11 is 3.48. The molecule has 2 heterocycles. The maximum Gasteiger partial charge on any atom is 0.138 e. The van der Waals surface area contributed by atoms with Crippen molar-refractivity contribution in [3.05, 3.63) is 102 Å². The molecule has 4 heteroatoms. The number of pyridine rings is 2. The van der Waals surface area contributed by atoms with Crippen LogP contribution in [0.3, 0.4) is 0 Å². The monoisotopic (exact) mass is 401 g/mol. The Kier molecular flexibility index (Phi) is 4.75. The second-order valence-corrected chi connectivity index (χ2v) is 6.68. The van der Waals surface area contributed by atoms with Gasteiger partial charge in [0.15, 0.2) is 0 Å². The Hall–Kier alpha value is -2.98. The lowest BCUT2D eigenvalue weighted by Gasteiger charge is -2.23. The van der Waals surface area contributed by atoms with Crippen molar-refractivity contribution in [1.82, 2.24) is 9.97 Å². The van der Waals surface area contributed by atoms with Gasteiger partial charge >= 0.3 is 0 Å². The van der Waals surface area contributed by atoms with Crippen LogP contribution in [0, 0.1) is 0 Å². The number of anilines is 3. The second-order valence-electron chi connectivity index (χ2n) is 5.77. The molecule has 0 aliphatic heterocycles. The molecule has 2 aromatic heterocycles. The summed E-state index contributed by atoms with van der Waals surface area (Å²) in [4.78, 5) is 11.1. The molecule has 0 aliphatic rings. The van der Waals surface area contributed by atoms with Crippen molar-refractivity contribution in [1.29, 1.82) is 0 Å². The number of hydrogen-bond acceptors (Lipinski definition) is 3. The molecule has 0 fully saturated rings. The van der Waals surface area contributed by atoms with Crippen LogP contribution in [0.15, 0.2) is 102 Å². The van der Waals surface area contributed by atoms with E-state index in [2.05, 4.69) is 74.4 Å². The van der Waals surface area contributed by atoms with E-state index in [-0.39, 0.29) is 0 Å². The number of halogens is 1. The first-order valence-electron chi connectivity index (χ1n) is 8.29. The van der Waals surface area contributed by atoms with Crippen LogP contribution in [0.1, 0.15) is 0 Å². The molecule has 4 aromatic rings. The minimum absolute atomic E-state index is 0.836. The predicted molar refractivity (Wildman–Crippen MR) is 110 cm³/mol. The Labute approximate surface area is 161 Å². The number of benzene rings is 2. The van der Waals surface area contributed by atoms with Crippen LogP contribution in [0.4, 0.5) is 17.3 Å². The fourth-order valence-electron chi connectivity index (χ4n) is 2.80. The minimum atomic E-state index is 0.836. The van der Waals surface area contributed by atoms with Crippen molar-refractivity contribution in [2.24, 2.45) is 0 Å². The molecule has 26 heavy (non-hydrogen) atoms. The van der Waals surface area contributed by atoms with Gasteiger partial charge < -0.3 is 0 Å². The zero-order valence-corrected chi connectivity index (χ0v) is 15.5. The Bertz CT molecular complexity index is 930. The van der Waals surface area contributed by atoms with E-state index in [4.69, 9.17) is 0 Å². The highest BCUT2D eigenvalue weighted by Crippen LogP contribution is 2.33. The standard InChI is InChI=1S/C22H16BrN3/c23-19-11-7-17(8-12-19)18-9-13-20(14-10-18)26(21-5-1-3-15-24-21)22-6-2-4-16-25-22/h1-16H. The van der Waals surface area contributed by atoms with Gasteiger partial charge in [-0.1, -0.05) is 52.3 Å². The third-order valence-electron chi connectivity index (χ3n) is 4.06. The molecule has 0 saturated heterocycles. The Morgan fingerprint density at radius 1 is 0.577 bits per heavy atom. The lowest BCUT2D eigenvalue weighted by Crippen LogP contribution is -2.12. The topological polar surface area (TPSA) is 29.0 Å². The van der Waals surface area contributed by atoms with Crippen molar-refractivity contribution >= 4 is 33.3 Å². The molecule has 0 saturated carbocycles. The molecular formula is C22H16BrN3. The van der Waals surface area contributed by atoms with E-state index in [9.17, 15) is 0 Å². The Morgan fingerprint density at radius 3 is 1.54 bits per heavy atom. The molecular weight excluding hydrogens is 386 g/mol. The first-order valence-corrected chi connectivity index (χ1v) is 9.09. The van der Waals surface area contributed by atoms with Crippen LogP contribution >= 0.6 is 15.9 Å². The van der Waals surface area contributed by atoms with Gasteiger partial charge in [0.1, 0.15) is 11.6 Å². The van der Waals surface area contributed by atoms with Crippen LogP contribution in [0.2, 0.25) is 0 Å². The number of rotatable bonds is 4. The van der Waals surface area contributed by atoms with Crippen molar-refractivity contribution in [3.8, 4) is 11.1 Å². The Morgan fingerprint density at radius 2 is 1.08 bits per heavy atom. The SMILES string of the molecule is Brc1ccc(-c2ccc(N(c3ccccn3)c3ccccn3)cc2)cc1. The van der Waals surface area contributed by atoms with Gasteiger partial charge in [0.25, 0.3) is 0 Å². The van der Waals surface area contributed by atoms with Crippen LogP contribution in [0.25, 0.3) is 11.1 Å². The molecule has 0 amide bonds. The van der Waals surface area contributed by atoms with Gasteiger partial charge in [-0.2, -0.15) is 0 Å². The van der Waals surface area contributed by atoms with E-state index in [1.54, 1.807) is 12.4 Å². The van der Waals surface area contributed by atoms with Crippen molar-refractivity contribution in [2.45, 2.75) is 0 Å². The summed E-state index contributed by atoms with van der Waals surface area (Å²) in [7, 11) is 0. The van der Waals surface area contributed by atoms with Gasteiger partial charge in [-0.25, -0.2) is 9.97 Å². The summed E-state index contributed by atoms with van der Waals surface area (Å²) in [5.41, 5.74) is 3.37. The fraction of sp³-hybridized carbons (Fsp3) is 0. The van der Waals surface area contributed by atoms with Gasteiger partial charge in [0.2, 0.25) is 0 Å². The molecule has 0 N–H and O–H groups in total. The average Bonchev–Trinajstić information content (AvgIpc) is 2.71. The summed E-state index contributed by atoms with van der Waals surface area (Å²) in [5.74, 6) is 1.67. The second kappa shape index (κ2) is 7.50. The van der Waals surface area contributed by atoms with Crippen molar-refractivity contribution in [3.63, 3.8) is 0 Å². The van der Waals surface area contributed by atoms with Gasteiger partial charge in [-0.15, -0.1) is 0 Å². The van der Waals surface area contributed by atoms with Crippen molar-refractivity contribution < 1.29 is 0 Å². The first-order chi connectivity index (χ1) is 12.8. The van der Waals surface area contributed by atoms with E-state index in [1.165, 1.54) is 11.1 Å². The minimum Gasteiger partial charge on any atom is -0.279 e. The molecule has 0 spiro atoms. The van der Waals surface area contributed by atoms with Crippen LogP contribution < -0.4 is 4.90 Å². The lowest BCUT2D eigenvalue weighted by molar-refractivity contribution is 1.13. The van der Waals surface area contributed by atoms with E-state index in [0.717, 1.165) is 21.8 Å². The summed E-state index contributed by atoms with van der Waals surface area (Å²) in [6, 6.07) is 28.5. The summed E-state index contributed by atoms with van der Waals surface area (Å²) in [5, 5.41) is 0. The van der Waals surface area contributed by atoms with Crippen molar-refractivity contribution in [2.75, 3.05) is 4.90 Å². The predicted octanol–water partition coefficient (Wildman–Crippen LogP) is 6.38. The normalized spacial score (nSPS) is 10.5. The molecule has 0 aliphatic carbocycles. The highest BCUT2D eigenvalue weighted by molar-refractivity contribution is 9.10. The largest absolute Gasteiger partial charge is 0.279 e. The van der Waals surface area contributed by atoms with Gasteiger partial charge in [-0.05, 0) is 59.7 Å². The molecule has 126 valence electrons. The maximum atomic E-state index is 4.50. The smallest absolute Gasteiger partial charge is 0.138 e. The summed E-state index contributed by atoms with van der Waals surface area (Å²) in [6.07, 6.45) is 3.59. The number of hydrogen-bond donors (Lipinski definition) is 0. The third-order valence-corrected chi connectivity index (χ3v) is 4.59. The number of nitrogens with zero attached hydrogens (tertiary/aromatic N) is 3. The quantitative estimate of drug-likeness (QED) is 0.397. The molecule has 0 atom stereocenters. The van der Waals surface area contributed by atoms with Crippen LogP contribution in [0.5, 0.6) is 0 Å². The lowest BCUT2D eigenvalue weighted by atomic mass is 10.1. The highest BCUT2D eigenvalue weighted by atomic mass is 79.9. The molecule has 2 aromatic carbocycles. The molecule has 0 radical (unpaired) electrons. The fourth-order valence-corrected chi connectivity index (χ4v) is 3.06.